The molecule has 0 saturated heterocycles. The number of benzene rings is 2. The molecule has 25 heavy (non-hydrogen) atoms. The summed E-state index contributed by atoms with van der Waals surface area (Å²) in [6, 6.07) is 15.2. The van der Waals surface area contributed by atoms with E-state index in [1.807, 2.05) is 25.1 Å². The van der Waals surface area contributed by atoms with Gasteiger partial charge < -0.3 is 9.72 Å². The smallest absolute Gasteiger partial charge is 0.252 e. The molecule has 2 N–H and O–H groups in total. The third kappa shape index (κ3) is 3.89. The molecule has 6 nitrogen and oxygen atoms in total. The molecule has 0 aliphatic carbocycles. The maximum absolute atomic E-state index is 12.4. The number of aromatic amines is 1. The normalized spacial score (nSPS) is 11.6. The quantitative estimate of drug-likeness (QED) is 0.708. The van der Waals surface area contributed by atoms with Gasteiger partial charge in [-0.1, -0.05) is 18.2 Å². The second-order valence-electron chi connectivity index (χ2n) is 5.44. The molecule has 0 saturated carbocycles. The number of H-pyrrole nitrogens is 1. The molecule has 0 amide bonds. The van der Waals surface area contributed by atoms with Crippen LogP contribution in [-0.4, -0.2) is 20.0 Å². The predicted octanol–water partition coefficient (Wildman–Crippen LogP) is 2.41. The van der Waals surface area contributed by atoms with Gasteiger partial charge >= 0.3 is 0 Å². The van der Waals surface area contributed by atoms with Gasteiger partial charge in [0.25, 0.3) is 5.56 Å². The van der Waals surface area contributed by atoms with Crippen molar-refractivity contribution in [3.63, 3.8) is 0 Å². The van der Waals surface area contributed by atoms with Crippen LogP contribution in [0, 0.1) is 0 Å². The van der Waals surface area contributed by atoms with E-state index < -0.39 is 10.0 Å². The van der Waals surface area contributed by atoms with Crippen LogP contribution >= 0.6 is 0 Å². The SMILES string of the molecule is CCOc1ccc(S(=O)(=O)NCc2cc3ccccc3[nH]c2=O)cc1. The topological polar surface area (TPSA) is 88.3 Å². The van der Waals surface area contributed by atoms with E-state index in [0.717, 1.165) is 5.39 Å². The Labute approximate surface area is 145 Å². The average Bonchev–Trinajstić information content (AvgIpc) is 2.61. The van der Waals surface area contributed by atoms with Gasteiger partial charge in [0.2, 0.25) is 10.0 Å². The van der Waals surface area contributed by atoms with Gasteiger partial charge in [-0.15, -0.1) is 0 Å². The molecule has 3 rings (SSSR count). The van der Waals surface area contributed by atoms with Crippen LogP contribution in [0.4, 0.5) is 0 Å². The molecule has 1 heterocycles. The van der Waals surface area contributed by atoms with Gasteiger partial charge in [0.15, 0.2) is 0 Å². The fourth-order valence-corrected chi connectivity index (χ4v) is 3.47. The summed E-state index contributed by atoms with van der Waals surface area (Å²) in [5.74, 6) is 0.604. The summed E-state index contributed by atoms with van der Waals surface area (Å²) in [6.07, 6.45) is 0. The molecule has 7 heteroatoms. The van der Waals surface area contributed by atoms with Crippen molar-refractivity contribution in [2.75, 3.05) is 6.61 Å². The molecule has 0 bridgehead atoms. The molecular weight excluding hydrogens is 340 g/mol. The van der Waals surface area contributed by atoms with Gasteiger partial charge in [0, 0.05) is 17.6 Å². The monoisotopic (exact) mass is 358 g/mol. The minimum atomic E-state index is -3.72. The van der Waals surface area contributed by atoms with Crippen LogP contribution in [0.15, 0.2) is 64.3 Å². The first-order valence-corrected chi connectivity index (χ1v) is 9.31. The van der Waals surface area contributed by atoms with Gasteiger partial charge in [-0.2, -0.15) is 0 Å². The highest BCUT2D eigenvalue weighted by atomic mass is 32.2. The molecule has 0 fully saturated rings. The fourth-order valence-electron chi connectivity index (χ4n) is 2.46. The van der Waals surface area contributed by atoms with Crippen molar-refractivity contribution < 1.29 is 13.2 Å². The highest BCUT2D eigenvalue weighted by Gasteiger charge is 2.15. The predicted molar refractivity (Wildman–Crippen MR) is 96.2 cm³/mol. The summed E-state index contributed by atoms with van der Waals surface area (Å²) in [5, 5.41) is 0.845. The van der Waals surface area contributed by atoms with Crippen LogP contribution in [0.5, 0.6) is 5.75 Å². The van der Waals surface area contributed by atoms with Crippen LogP contribution in [0.3, 0.4) is 0 Å². The zero-order valence-electron chi connectivity index (χ0n) is 13.7. The second-order valence-corrected chi connectivity index (χ2v) is 7.21. The van der Waals surface area contributed by atoms with E-state index in [0.29, 0.717) is 23.4 Å². The van der Waals surface area contributed by atoms with Crippen molar-refractivity contribution in [3.8, 4) is 5.75 Å². The Morgan fingerprint density at radius 3 is 2.52 bits per heavy atom. The Bertz CT molecular complexity index is 1040. The lowest BCUT2D eigenvalue weighted by Crippen LogP contribution is -2.26. The first-order chi connectivity index (χ1) is 12.0. The number of ether oxygens (including phenoxy) is 1. The van der Waals surface area contributed by atoms with Crippen LogP contribution in [-0.2, 0) is 16.6 Å². The molecule has 0 spiro atoms. The Hall–Kier alpha value is -2.64. The summed E-state index contributed by atoms with van der Waals surface area (Å²) >= 11 is 0. The van der Waals surface area contributed by atoms with Gasteiger partial charge in [-0.3, -0.25) is 4.79 Å². The number of hydrogen-bond acceptors (Lipinski definition) is 4. The van der Waals surface area contributed by atoms with Crippen molar-refractivity contribution in [3.05, 3.63) is 70.5 Å². The van der Waals surface area contributed by atoms with E-state index >= 15 is 0 Å². The lowest BCUT2D eigenvalue weighted by atomic mass is 10.1. The van der Waals surface area contributed by atoms with E-state index in [-0.39, 0.29) is 17.0 Å². The standard InChI is InChI=1S/C18H18N2O4S/c1-2-24-15-7-9-16(10-8-15)25(22,23)19-12-14-11-13-5-3-4-6-17(13)20-18(14)21/h3-11,19H,2,12H2,1H3,(H,20,21). The Morgan fingerprint density at radius 2 is 1.80 bits per heavy atom. The summed E-state index contributed by atoms with van der Waals surface area (Å²) in [6.45, 7) is 2.28. The van der Waals surface area contributed by atoms with Gasteiger partial charge in [0.1, 0.15) is 5.75 Å². The van der Waals surface area contributed by atoms with Crippen molar-refractivity contribution in [1.82, 2.24) is 9.71 Å². The van der Waals surface area contributed by atoms with E-state index in [2.05, 4.69) is 9.71 Å². The number of hydrogen-bond donors (Lipinski definition) is 2. The number of nitrogens with one attached hydrogen (secondary N) is 2. The molecule has 0 aliphatic heterocycles. The molecule has 0 radical (unpaired) electrons. The molecule has 2 aromatic carbocycles. The number of fused-ring (bicyclic) bond motifs is 1. The van der Waals surface area contributed by atoms with Gasteiger partial charge in [0.05, 0.1) is 11.5 Å². The minimum absolute atomic E-state index is 0.0876. The van der Waals surface area contributed by atoms with Crippen LogP contribution in [0.2, 0.25) is 0 Å². The van der Waals surface area contributed by atoms with Crippen molar-refractivity contribution in [2.45, 2.75) is 18.4 Å². The Morgan fingerprint density at radius 1 is 1.08 bits per heavy atom. The molecule has 0 aliphatic rings. The van der Waals surface area contributed by atoms with Gasteiger partial charge in [-0.05, 0) is 48.7 Å². The minimum Gasteiger partial charge on any atom is -0.494 e. The van der Waals surface area contributed by atoms with E-state index in [1.54, 1.807) is 24.3 Å². The molecule has 130 valence electrons. The molecule has 0 unspecified atom stereocenters. The summed E-state index contributed by atoms with van der Waals surface area (Å²) in [5.41, 5.74) is 0.756. The first kappa shape index (κ1) is 17.2. The number of aromatic nitrogens is 1. The number of pyridine rings is 1. The highest BCUT2D eigenvalue weighted by Crippen LogP contribution is 2.16. The Balaban J connectivity index is 1.80. The van der Waals surface area contributed by atoms with E-state index in [1.165, 1.54) is 12.1 Å². The Kier molecular flexibility index (Phi) is 4.87. The maximum Gasteiger partial charge on any atom is 0.252 e. The molecule has 1 aromatic heterocycles. The summed E-state index contributed by atoms with van der Waals surface area (Å²) < 4.78 is 32.5. The maximum atomic E-state index is 12.4. The van der Waals surface area contributed by atoms with Crippen molar-refractivity contribution >= 4 is 20.9 Å². The van der Waals surface area contributed by atoms with Crippen molar-refractivity contribution in [2.24, 2.45) is 0 Å². The molecule has 0 atom stereocenters. The first-order valence-electron chi connectivity index (χ1n) is 7.83. The van der Waals surface area contributed by atoms with Crippen LogP contribution in [0.25, 0.3) is 10.9 Å². The van der Waals surface area contributed by atoms with Gasteiger partial charge in [-0.25, -0.2) is 13.1 Å². The third-order valence-corrected chi connectivity index (χ3v) is 5.15. The largest absolute Gasteiger partial charge is 0.494 e. The zero-order valence-corrected chi connectivity index (χ0v) is 14.5. The van der Waals surface area contributed by atoms with Crippen LogP contribution in [0.1, 0.15) is 12.5 Å². The molecular formula is C18H18N2O4S. The highest BCUT2D eigenvalue weighted by molar-refractivity contribution is 7.89. The van der Waals surface area contributed by atoms with E-state index in [9.17, 15) is 13.2 Å². The average molecular weight is 358 g/mol. The summed E-state index contributed by atoms with van der Waals surface area (Å²) in [4.78, 5) is 15.0. The number of rotatable bonds is 6. The number of sulfonamides is 1. The zero-order chi connectivity index (χ0) is 17.9. The second kappa shape index (κ2) is 7.08. The van der Waals surface area contributed by atoms with E-state index in [4.69, 9.17) is 4.74 Å². The summed E-state index contributed by atoms with van der Waals surface area (Å²) in [7, 11) is -3.72. The third-order valence-electron chi connectivity index (χ3n) is 3.73. The fraction of sp³-hybridized carbons (Fsp3) is 0.167. The van der Waals surface area contributed by atoms with Crippen molar-refractivity contribution in [1.29, 1.82) is 0 Å². The lowest BCUT2D eigenvalue weighted by Gasteiger charge is -2.08. The lowest BCUT2D eigenvalue weighted by molar-refractivity contribution is 0.340. The molecule has 3 aromatic rings. The van der Waals surface area contributed by atoms with Crippen LogP contribution < -0.4 is 15.0 Å². The number of para-hydroxylation sites is 1.